The number of piperidine rings is 2. The Labute approximate surface area is 205 Å². The van der Waals surface area contributed by atoms with Crippen molar-refractivity contribution >= 4 is 11.8 Å². The maximum Gasteiger partial charge on any atom is 0.302 e. The van der Waals surface area contributed by atoms with Gasteiger partial charge in [0.05, 0.1) is 5.60 Å². The summed E-state index contributed by atoms with van der Waals surface area (Å²) < 4.78 is 5.57. The molecule has 4 aliphatic carbocycles. The molecule has 0 spiro atoms. The lowest BCUT2D eigenvalue weighted by Gasteiger charge is -2.59. The van der Waals surface area contributed by atoms with Crippen LogP contribution in [0.25, 0.3) is 0 Å². The Bertz CT molecular complexity index is 855. The lowest BCUT2D eigenvalue weighted by atomic mass is 9.51. The fraction of sp³-hybridized carbons (Fsp3) is 0.931. The van der Waals surface area contributed by atoms with Gasteiger partial charge in [-0.05, 0) is 105 Å². The predicted octanol–water partition coefficient (Wildman–Crippen LogP) is 4.46. The van der Waals surface area contributed by atoms with E-state index in [0.717, 1.165) is 57.5 Å². The van der Waals surface area contributed by atoms with Crippen molar-refractivity contribution in [1.82, 2.24) is 4.90 Å². The molecule has 5 heteroatoms. The number of fused-ring (bicyclic) bond motifs is 8. The molecular weight excluding hydrogens is 426 g/mol. The zero-order valence-electron chi connectivity index (χ0n) is 21.7. The summed E-state index contributed by atoms with van der Waals surface area (Å²) in [4.78, 5) is 27.7. The Morgan fingerprint density at radius 1 is 0.971 bits per heavy atom. The van der Waals surface area contributed by atoms with Crippen LogP contribution in [0.1, 0.15) is 85.5 Å². The van der Waals surface area contributed by atoms with E-state index >= 15 is 0 Å². The number of Topliss-reactive ketones (excluding diaryl/α,β-unsaturated/α-hetero) is 1. The number of carbonyl (C=O) groups excluding carboxylic acids is 2. The lowest BCUT2D eigenvalue weighted by Crippen LogP contribution is -2.67. The number of nitrogens with zero attached hydrogens (tertiary/aromatic N) is 1. The summed E-state index contributed by atoms with van der Waals surface area (Å²) in [6, 6.07) is 0.324. The van der Waals surface area contributed by atoms with Crippen LogP contribution in [-0.4, -0.2) is 52.6 Å². The summed E-state index contributed by atoms with van der Waals surface area (Å²) in [5.74, 6) is 4.37. The van der Waals surface area contributed by atoms with E-state index in [1.54, 1.807) is 0 Å². The molecular formula is C29H45NO4. The zero-order chi connectivity index (χ0) is 24.0. The maximum atomic E-state index is 13.5. The summed E-state index contributed by atoms with van der Waals surface area (Å²) in [6.45, 7) is 10.7. The zero-order valence-corrected chi connectivity index (χ0v) is 21.7. The lowest BCUT2D eigenvalue weighted by molar-refractivity contribution is -0.175. The third kappa shape index (κ3) is 3.38. The minimum atomic E-state index is -0.591. The third-order valence-corrected chi connectivity index (χ3v) is 12.1. The third-order valence-electron chi connectivity index (χ3n) is 12.1. The average molecular weight is 472 g/mol. The van der Waals surface area contributed by atoms with Crippen LogP contribution in [0.5, 0.6) is 0 Å². The molecule has 2 aliphatic heterocycles. The van der Waals surface area contributed by atoms with Gasteiger partial charge in [0.2, 0.25) is 0 Å². The minimum Gasteiger partial charge on any atom is -0.463 e. The topological polar surface area (TPSA) is 66.8 Å². The van der Waals surface area contributed by atoms with Gasteiger partial charge in [0.25, 0.3) is 0 Å². The van der Waals surface area contributed by atoms with Crippen molar-refractivity contribution in [2.45, 2.75) is 103 Å². The fourth-order valence-corrected chi connectivity index (χ4v) is 10.7. The van der Waals surface area contributed by atoms with Gasteiger partial charge < -0.3 is 9.84 Å². The van der Waals surface area contributed by atoms with Crippen LogP contribution in [0.15, 0.2) is 0 Å². The van der Waals surface area contributed by atoms with Crippen molar-refractivity contribution in [3.63, 3.8) is 0 Å². The molecule has 0 aromatic heterocycles. The number of hydrogen-bond donors (Lipinski definition) is 1. The standard InChI is InChI=1S/C29H45NO4/c1-16-5-8-27-29(4,33)23-7-6-19-20(22(23)15-30(27)14-16)12-24-21(19)13-26(32)25-11-18(34-17(2)31)9-10-28(24,25)3/h16,18-25,27,33H,5-15H2,1-4H3/t16-,18-,19+,20+,21-,22-,23-,24-,25+,27+,28+,29-/m0/s1. The number of esters is 1. The van der Waals surface area contributed by atoms with E-state index in [1.807, 2.05) is 0 Å². The molecule has 6 aliphatic rings. The van der Waals surface area contributed by atoms with E-state index in [4.69, 9.17) is 4.74 Å². The van der Waals surface area contributed by atoms with Crippen molar-refractivity contribution in [2.75, 3.05) is 13.1 Å². The maximum absolute atomic E-state index is 13.5. The van der Waals surface area contributed by atoms with Crippen molar-refractivity contribution < 1.29 is 19.4 Å². The van der Waals surface area contributed by atoms with Gasteiger partial charge in [-0.3, -0.25) is 14.5 Å². The molecule has 4 saturated carbocycles. The number of hydrogen-bond acceptors (Lipinski definition) is 5. The summed E-state index contributed by atoms with van der Waals surface area (Å²) >= 11 is 0. The van der Waals surface area contributed by atoms with Gasteiger partial charge in [0.1, 0.15) is 11.9 Å². The molecule has 34 heavy (non-hydrogen) atoms. The molecule has 0 amide bonds. The average Bonchev–Trinajstić information content (AvgIpc) is 3.14. The Morgan fingerprint density at radius 2 is 1.76 bits per heavy atom. The Balaban J connectivity index is 1.26. The second kappa shape index (κ2) is 8.03. The largest absolute Gasteiger partial charge is 0.463 e. The SMILES string of the molecule is CC(=O)O[C@H]1CC[C@@]2(C)[C@H](C1)C(=O)C[C@H]1[C@@H]3CC[C@H]4[C@@H](CN5C[C@@H](C)CC[C@@H]5[C@@]4(C)O)[C@@H]3C[C@@H]12. The van der Waals surface area contributed by atoms with Crippen molar-refractivity contribution in [3.8, 4) is 0 Å². The summed E-state index contributed by atoms with van der Waals surface area (Å²) in [6.07, 6.45) is 9.19. The number of rotatable bonds is 1. The quantitative estimate of drug-likeness (QED) is 0.572. The Hall–Kier alpha value is -0.940. The molecule has 0 aromatic rings. The van der Waals surface area contributed by atoms with E-state index in [-0.39, 0.29) is 23.4 Å². The summed E-state index contributed by atoms with van der Waals surface area (Å²) in [5.41, 5.74) is -0.547. The minimum absolute atomic E-state index is 0.0445. The fourth-order valence-electron chi connectivity index (χ4n) is 10.7. The molecule has 5 nitrogen and oxygen atoms in total. The number of ether oxygens (including phenoxy) is 1. The van der Waals surface area contributed by atoms with Crippen LogP contribution < -0.4 is 0 Å². The van der Waals surface area contributed by atoms with Gasteiger partial charge in [-0.2, -0.15) is 0 Å². The molecule has 190 valence electrons. The first-order valence-corrected chi connectivity index (χ1v) is 14.3. The van der Waals surface area contributed by atoms with Gasteiger partial charge in [0, 0.05) is 38.4 Å². The van der Waals surface area contributed by atoms with Crippen LogP contribution in [-0.2, 0) is 14.3 Å². The molecule has 1 N–H and O–H groups in total. The molecule has 0 unspecified atom stereocenters. The monoisotopic (exact) mass is 471 g/mol. The molecule has 0 aromatic carbocycles. The van der Waals surface area contributed by atoms with E-state index < -0.39 is 5.60 Å². The van der Waals surface area contributed by atoms with Crippen molar-refractivity contribution in [1.29, 1.82) is 0 Å². The summed E-state index contributed by atoms with van der Waals surface area (Å²) in [5, 5.41) is 11.9. The highest BCUT2D eigenvalue weighted by atomic mass is 16.5. The van der Waals surface area contributed by atoms with Crippen LogP contribution in [0.4, 0.5) is 0 Å². The second-order valence-corrected chi connectivity index (χ2v) is 13.8. The Morgan fingerprint density at radius 3 is 2.53 bits per heavy atom. The van der Waals surface area contributed by atoms with Gasteiger partial charge in [0.15, 0.2) is 0 Å². The van der Waals surface area contributed by atoms with E-state index in [2.05, 4.69) is 25.7 Å². The number of ketones is 1. The van der Waals surface area contributed by atoms with Gasteiger partial charge >= 0.3 is 5.97 Å². The highest BCUT2D eigenvalue weighted by molar-refractivity contribution is 5.83. The molecule has 12 atom stereocenters. The molecule has 6 rings (SSSR count). The van der Waals surface area contributed by atoms with Crippen LogP contribution in [0.3, 0.4) is 0 Å². The normalized spacial score (nSPS) is 54.8. The van der Waals surface area contributed by atoms with Gasteiger partial charge in [-0.25, -0.2) is 0 Å². The van der Waals surface area contributed by atoms with Gasteiger partial charge in [-0.15, -0.1) is 0 Å². The van der Waals surface area contributed by atoms with E-state index in [0.29, 0.717) is 47.3 Å². The first-order chi connectivity index (χ1) is 16.1. The predicted molar refractivity (Wildman–Crippen MR) is 130 cm³/mol. The highest BCUT2D eigenvalue weighted by Crippen LogP contribution is 2.66. The molecule has 2 heterocycles. The summed E-state index contributed by atoms with van der Waals surface area (Å²) in [7, 11) is 0. The number of carbonyl (C=O) groups is 2. The first kappa shape index (κ1) is 23.5. The van der Waals surface area contributed by atoms with E-state index in [1.165, 1.54) is 26.2 Å². The molecule has 2 saturated heterocycles. The van der Waals surface area contributed by atoms with Crippen LogP contribution in [0, 0.1) is 52.8 Å². The van der Waals surface area contributed by atoms with Crippen LogP contribution in [0.2, 0.25) is 0 Å². The molecule has 6 fully saturated rings. The highest BCUT2D eigenvalue weighted by Gasteiger charge is 2.64. The smallest absolute Gasteiger partial charge is 0.302 e. The molecule has 0 bridgehead atoms. The Kier molecular flexibility index (Phi) is 5.54. The van der Waals surface area contributed by atoms with Crippen LogP contribution >= 0.6 is 0 Å². The van der Waals surface area contributed by atoms with Crippen molar-refractivity contribution in [2.24, 2.45) is 52.8 Å². The van der Waals surface area contributed by atoms with E-state index in [9.17, 15) is 14.7 Å². The first-order valence-electron chi connectivity index (χ1n) is 14.3. The van der Waals surface area contributed by atoms with Crippen molar-refractivity contribution in [3.05, 3.63) is 0 Å². The molecule has 0 radical (unpaired) electrons. The second-order valence-electron chi connectivity index (χ2n) is 13.8. The number of aliphatic hydroxyl groups is 1. The van der Waals surface area contributed by atoms with Gasteiger partial charge in [-0.1, -0.05) is 13.8 Å².